The summed E-state index contributed by atoms with van der Waals surface area (Å²) in [5.74, 6) is 0.876. The SMILES string of the molecule is COc1cccc2c1N(S(=O)(=O)c1cn(C)nc1C)CCC2C. The molecule has 0 radical (unpaired) electrons. The summed E-state index contributed by atoms with van der Waals surface area (Å²) in [7, 11) is -0.386. The average Bonchev–Trinajstić information content (AvgIpc) is 2.86. The zero-order valence-electron chi connectivity index (χ0n) is 13.8. The Morgan fingerprint density at radius 3 is 2.70 bits per heavy atom. The molecule has 1 aromatic carbocycles. The van der Waals surface area contributed by atoms with Gasteiger partial charge in [-0.25, -0.2) is 8.42 Å². The number of ether oxygens (including phenoxy) is 1. The molecule has 1 aliphatic rings. The molecule has 1 unspecified atom stereocenters. The maximum absolute atomic E-state index is 13.2. The Kier molecular flexibility index (Phi) is 3.83. The molecule has 1 aromatic heterocycles. The highest BCUT2D eigenvalue weighted by Crippen LogP contribution is 2.43. The van der Waals surface area contributed by atoms with Gasteiger partial charge >= 0.3 is 0 Å². The number of para-hydroxylation sites is 1. The lowest BCUT2D eigenvalue weighted by Crippen LogP contribution is -2.36. The van der Waals surface area contributed by atoms with Gasteiger partial charge < -0.3 is 4.74 Å². The molecule has 0 bridgehead atoms. The summed E-state index contributed by atoms with van der Waals surface area (Å²) in [6.45, 7) is 4.26. The van der Waals surface area contributed by atoms with Crippen LogP contribution in [0.25, 0.3) is 0 Å². The van der Waals surface area contributed by atoms with Gasteiger partial charge in [0.25, 0.3) is 10.0 Å². The van der Waals surface area contributed by atoms with Crippen molar-refractivity contribution in [2.75, 3.05) is 18.0 Å². The molecule has 0 fully saturated rings. The van der Waals surface area contributed by atoms with Gasteiger partial charge in [-0.1, -0.05) is 19.1 Å². The van der Waals surface area contributed by atoms with E-state index in [1.54, 1.807) is 33.3 Å². The number of rotatable bonds is 3. The van der Waals surface area contributed by atoms with Gasteiger partial charge in [0.2, 0.25) is 0 Å². The fourth-order valence-corrected chi connectivity index (χ4v) is 4.86. The topological polar surface area (TPSA) is 64.4 Å². The highest BCUT2D eigenvalue weighted by atomic mass is 32.2. The van der Waals surface area contributed by atoms with E-state index in [1.807, 2.05) is 12.1 Å². The van der Waals surface area contributed by atoms with Crippen LogP contribution in [0.2, 0.25) is 0 Å². The third-order valence-corrected chi connectivity index (χ3v) is 6.23. The fraction of sp³-hybridized carbons (Fsp3) is 0.438. The molecule has 0 N–H and O–H groups in total. The third kappa shape index (κ3) is 2.49. The number of fused-ring (bicyclic) bond motifs is 1. The number of anilines is 1. The number of methoxy groups -OCH3 is 1. The summed E-state index contributed by atoms with van der Waals surface area (Å²) in [5, 5.41) is 4.17. The summed E-state index contributed by atoms with van der Waals surface area (Å²) in [6.07, 6.45) is 2.33. The van der Waals surface area contributed by atoms with Gasteiger partial charge in [-0.15, -0.1) is 0 Å². The molecule has 2 heterocycles. The average molecular weight is 335 g/mol. The van der Waals surface area contributed by atoms with Crippen LogP contribution in [0.4, 0.5) is 5.69 Å². The van der Waals surface area contributed by atoms with Gasteiger partial charge in [-0.3, -0.25) is 8.99 Å². The van der Waals surface area contributed by atoms with E-state index in [1.165, 1.54) is 8.99 Å². The molecule has 0 amide bonds. The molecule has 0 saturated heterocycles. The first-order valence-electron chi connectivity index (χ1n) is 7.56. The van der Waals surface area contributed by atoms with Crippen LogP contribution < -0.4 is 9.04 Å². The summed E-state index contributed by atoms with van der Waals surface area (Å²) in [4.78, 5) is 0.242. The zero-order valence-corrected chi connectivity index (χ0v) is 14.6. The first kappa shape index (κ1) is 15.9. The van der Waals surface area contributed by atoms with Crippen LogP contribution in [-0.2, 0) is 17.1 Å². The number of hydrogen-bond donors (Lipinski definition) is 0. The van der Waals surface area contributed by atoms with Crippen LogP contribution in [0.5, 0.6) is 5.75 Å². The second kappa shape index (κ2) is 5.56. The molecule has 1 atom stereocenters. The molecule has 3 rings (SSSR count). The number of hydrogen-bond acceptors (Lipinski definition) is 4. The molecule has 1 aliphatic heterocycles. The van der Waals surface area contributed by atoms with Crippen LogP contribution in [0.3, 0.4) is 0 Å². The maximum Gasteiger partial charge on any atom is 0.267 e. The van der Waals surface area contributed by atoms with Gasteiger partial charge in [0, 0.05) is 19.8 Å². The van der Waals surface area contributed by atoms with Crippen LogP contribution in [-0.4, -0.2) is 31.9 Å². The Hall–Kier alpha value is -2.02. The fourth-order valence-electron chi connectivity index (χ4n) is 3.14. The molecule has 124 valence electrons. The van der Waals surface area contributed by atoms with Crippen LogP contribution >= 0.6 is 0 Å². The van der Waals surface area contributed by atoms with E-state index in [-0.39, 0.29) is 4.90 Å². The largest absolute Gasteiger partial charge is 0.495 e. The van der Waals surface area contributed by atoms with Crippen molar-refractivity contribution >= 4 is 15.7 Å². The van der Waals surface area contributed by atoms with Crippen molar-refractivity contribution in [1.29, 1.82) is 0 Å². The van der Waals surface area contributed by atoms with E-state index in [0.717, 1.165) is 12.0 Å². The number of aryl methyl sites for hydroxylation is 2. The first-order valence-corrected chi connectivity index (χ1v) is 9.00. The molecule has 0 saturated carbocycles. The molecule has 2 aromatic rings. The lowest BCUT2D eigenvalue weighted by molar-refractivity contribution is 0.413. The number of aromatic nitrogens is 2. The van der Waals surface area contributed by atoms with Crippen molar-refractivity contribution < 1.29 is 13.2 Å². The van der Waals surface area contributed by atoms with Crippen LogP contribution in [0, 0.1) is 6.92 Å². The van der Waals surface area contributed by atoms with Crippen LogP contribution in [0.1, 0.15) is 30.5 Å². The molecule has 7 heteroatoms. The van der Waals surface area contributed by atoms with Crippen molar-refractivity contribution in [2.24, 2.45) is 7.05 Å². The predicted molar refractivity (Wildman–Crippen MR) is 88.5 cm³/mol. The summed E-state index contributed by atoms with van der Waals surface area (Å²) >= 11 is 0. The molecular formula is C16H21N3O3S. The molecular weight excluding hydrogens is 314 g/mol. The Bertz CT molecular complexity index is 842. The van der Waals surface area contributed by atoms with Crippen molar-refractivity contribution in [3.8, 4) is 5.75 Å². The quantitative estimate of drug-likeness (QED) is 0.864. The lowest BCUT2D eigenvalue weighted by atomic mass is 9.92. The summed E-state index contributed by atoms with van der Waals surface area (Å²) in [6, 6.07) is 5.68. The van der Waals surface area contributed by atoms with Crippen LogP contribution in [0.15, 0.2) is 29.3 Å². The predicted octanol–water partition coefficient (Wildman–Crippen LogP) is 2.44. The smallest absolute Gasteiger partial charge is 0.267 e. The minimum atomic E-state index is -3.67. The van der Waals surface area contributed by atoms with Gasteiger partial charge in [-0.2, -0.15) is 5.10 Å². The molecule has 0 spiro atoms. The van der Waals surface area contributed by atoms with E-state index in [0.29, 0.717) is 29.6 Å². The highest BCUT2D eigenvalue weighted by Gasteiger charge is 2.35. The summed E-state index contributed by atoms with van der Waals surface area (Å²) < 4.78 is 34.8. The third-order valence-electron chi connectivity index (χ3n) is 4.33. The molecule has 23 heavy (non-hydrogen) atoms. The Labute approximate surface area is 136 Å². The minimum Gasteiger partial charge on any atom is -0.495 e. The molecule has 6 nitrogen and oxygen atoms in total. The Balaban J connectivity index is 2.19. The van der Waals surface area contributed by atoms with Crippen molar-refractivity contribution in [2.45, 2.75) is 31.1 Å². The zero-order chi connectivity index (χ0) is 16.8. The lowest BCUT2D eigenvalue weighted by Gasteiger charge is -2.34. The van der Waals surface area contributed by atoms with Crippen molar-refractivity contribution in [3.63, 3.8) is 0 Å². The number of sulfonamides is 1. The van der Waals surface area contributed by atoms with Gasteiger partial charge in [0.05, 0.1) is 18.5 Å². The minimum absolute atomic E-state index is 0.242. The van der Waals surface area contributed by atoms with E-state index in [2.05, 4.69) is 12.0 Å². The number of benzene rings is 1. The van der Waals surface area contributed by atoms with E-state index >= 15 is 0 Å². The van der Waals surface area contributed by atoms with Gasteiger partial charge in [-0.05, 0) is 30.9 Å². The first-order chi connectivity index (χ1) is 10.9. The van der Waals surface area contributed by atoms with E-state index < -0.39 is 10.0 Å². The van der Waals surface area contributed by atoms with Crippen molar-refractivity contribution in [3.05, 3.63) is 35.7 Å². The highest BCUT2D eigenvalue weighted by molar-refractivity contribution is 7.92. The maximum atomic E-state index is 13.2. The Morgan fingerprint density at radius 2 is 2.09 bits per heavy atom. The van der Waals surface area contributed by atoms with Crippen molar-refractivity contribution in [1.82, 2.24) is 9.78 Å². The monoisotopic (exact) mass is 335 g/mol. The standard InChI is InChI=1S/C16H21N3O3S/c1-11-8-9-19(16-13(11)6-5-7-14(16)22-4)23(20,21)15-10-18(3)17-12(15)2/h5-7,10-11H,8-9H2,1-4H3. The second-order valence-electron chi connectivity index (χ2n) is 5.92. The normalized spacial score (nSPS) is 17.9. The Morgan fingerprint density at radius 1 is 1.35 bits per heavy atom. The van der Waals surface area contributed by atoms with E-state index in [4.69, 9.17) is 4.74 Å². The van der Waals surface area contributed by atoms with Gasteiger partial charge in [0.1, 0.15) is 10.6 Å². The molecule has 0 aliphatic carbocycles. The van der Waals surface area contributed by atoms with E-state index in [9.17, 15) is 8.42 Å². The summed E-state index contributed by atoms with van der Waals surface area (Å²) in [5.41, 5.74) is 2.15. The number of nitrogens with zero attached hydrogens (tertiary/aromatic N) is 3. The second-order valence-corrected chi connectivity index (χ2v) is 7.75. The van der Waals surface area contributed by atoms with Gasteiger partial charge in [0.15, 0.2) is 0 Å².